The van der Waals surface area contributed by atoms with Crippen LogP contribution < -0.4 is 10.2 Å². The summed E-state index contributed by atoms with van der Waals surface area (Å²) in [5.41, 5.74) is 2.53. The normalized spacial score (nSPS) is 15.5. The van der Waals surface area contributed by atoms with Gasteiger partial charge in [-0.05, 0) is 37.5 Å². The molecule has 1 saturated heterocycles. The zero-order chi connectivity index (χ0) is 22.2. The lowest BCUT2D eigenvalue weighted by Crippen LogP contribution is -2.39. The summed E-state index contributed by atoms with van der Waals surface area (Å²) in [7, 11) is 1.55. The number of rotatable bonds is 10. The molecule has 0 radical (unpaired) electrons. The standard InChI is InChI=1S/C22H29FN4O4/c1-3-27(18-6-8-31-9-7-18)20-5-4-15(16(14-30-2)11-21(28)29)10-19(20)26-22-24-12-17(23)13-25-22/h4-5,10,12-13,16,18H,3,6-9,11,14H2,1-2H3,(H,28,29)(H,24,25,26). The molecular formula is C22H29FN4O4. The molecule has 9 heteroatoms. The Morgan fingerprint density at radius 2 is 2.06 bits per heavy atom. The highest BCUT2D eigenvalue weighted by atomic mass is 19.1. The summed E-state index contributed by atoms with van der Waals surface area (Å²) in [4.78, 5) is 21.7. The molecule has 0 bridgehead atoms. The number of aromatic nitrogens is 2. The number of carbonyl (C=O) groups is 1. The van der Waals surface area contributed by atoms with Gasteiger partial charge in [-0.15, -0.1) is 0 Å². The van der Waals surface area contributed by atoms with Crippen molar-refractivity contribution in [3.05, 3.63) is 42.0 Å². The molecule has 2 aromatic rings. The van der Waals surface area contributed by atoms with E-state index in [9.17, 15) is 14.3 Å². The fraction of sp³-hybridized carbons (Fsp3) is 0.500. The molecule has 1 aromatic carbocycles. The van der Waals surface area contributed by atoms with Gasteiger partial charge in [-0.2, -0.15) is 0 Å². The molecule has 1 unspecified atom stereocenters. The molecule has 1 atom stereocenters. The number of carboxylic acid groups (broad SMARTS) is 1. The van der Waals surface area contributed by atoms with Crippen LogP contribution in [-0.2, 0) is 14.3 Å². The number of anilines is 3. The zero-order valence-electron chi connectivity index (χ0n) is 17.9. The van der Waals surface area contributed by atoms with E-state index < -0.39 is 11.8 Å². The first-order chi connectivity index (χ1) is 15.0. The predicted octanol–water partition coefficient (Wildman–Crippen LogP) is 3.57. The van der Waals surface area contributed by atoms with E-state index in [2.05, 4.69) is 27.1 Å². The average molecular weight is 432 g/mol. The highest BCUT2D eigenvalue weighted by Gasteiger charge is 2.24. The number of benzene rings is 1. The van der Waals surface area contributed by atoms with Crippen molar-refractivity contribution in [1.82, 2.24) is 9.97 Å². The molecule has 2 N–H and O–H groups in total. The molecule has 1 aromatic heterocycles. The number of halogens is 1. The van der Waals surface area contributed by atoms with Gasteiger partial charge in [0.05, 0.1) is 36.8 Å². The maximum Gasteiger partial charge on any atom is 0.304 e. The molecule has 1 aliphatic rings. The first kappa shape index (κ1) is 22.9. The van der Waals surface area contributed by atoms with Gasteiger partial charge in [0, 0.05) is 38.8 Å². The van der Waals surface area contributed by atoms with E-state index in [-0.39, 0.29) is 24.9 Å². The fourth-order valence-corrected chi connectivity index (χ4v) is 3.96. The molecule has 0 spiro atoms. The van der Waals surface area contributed by atoms with Crippen LogP contribution in [0.25, 0.3) is 0 Å². The van der Waals surface area contributed by atoms with E-state index in [1.165, 1.54) is 0 Å². The van der Waals surface area contributed by atoms with Gasteiger partial charge in [0.25, 0.3) is 0 Å². The lowest BCUT2D eigenvalue weighted by atomic mass is 9.95. The van der Waals surface area contributed by atoms with Crippen LogP contribution in [0.1, 0.15) is 37.7 Å². The van der Waals surface area contributed by atoms with Crippen molar-refractivity contribution in [2.45, 2.75) is 38.1 Å². The summed E-state index contributed by atoms with van der Waals surface area (Å²) in [6, 6.07) is 6.18. The number of aliphatic carboxylic acids is 1. The van der Waals surface area contributed by atoms with Crippen LogP contribution in [0.4, 0.5) is 21.7 Å². The molecule has 0 amide bonds. The Morgan fingerprint density at radius 1 is 1.35 bits per heavy atom. The second kappa shape index (κ2) is 11.0. The van der Waals surface area contributed by atoms with Gasteiger partial charge >= 0.3 is 5.97 Å². The molecule has 0 saturated carbocycles. The van der Waals surface area contributed by atoms with Gasteiger partial charge in [-0.25, -0.2) is 14.4 Å². The summed E-state index contributed by atoms with van der Waals surface area (Å²) in [6.45, 7) is 4.62. The van der Waals surface area contributed by atoms with Gasteiger partial charge in [-0.3, -0.25) is 4.79 Å². The van der Waals surface area contributed by atoms with Crippen molar-refractivity contribution in [1.29, 1.82) is 0 Å². The van der Waals surface area contributed by atoms with Crippen LogP contribution in [0.5, 0.6) is 0 Å². The van der Waals surface area contributed by atoms with E-state index in [0.29, 0.717) is 6.04 Å². The molecule has 3 rings (SSSR count). The summed E-state index contributed by atoms with van der Waals surface area (Å²) >= 11 is 0. The van der Waals surface area contributed by atoms with Gasteiger partial charge in [-0.1, -0.05) is 6.07 Å². The van der Waals surface area contributed by atoms with E-state index in [1.807, 2.05) is 18.2 Å². The number of nitrogens with one attached hydrogen (secondary N) is 1. The summed E-state index contributed by atoms with van der Waals surface area (Å²) in [5.74, 6) is -1.44. The lowest BCUT2D eigenvalue weighted by molar-refractivity contribution is -0.137. The van der Waals surface area contributed by atoms with Gasteiger partial charge < -0.3 is 24.8 Å². The lowest BCUT2D eigenvalue weighted by Gasteiger charge is -2.36. The number of ether oxygens (including phenoxy) is 2. The number of methoxy groups -OCH3 is 1. The smallest absolute Gasteiger partial charge is 0.304 e. The average Bonchev–Trinajstić information content (AvgIpc) is 2.77. The Hall–Kier alpha value is -2.78. The molecule has 2 heterocycles. The summed E-state index contributed by atoms with van der Waals surface area (Å²) in [6.07, 6.45) is 4.01. The highest BCUT2D eigenvalue weighted by molar-refractivity contribution is 5.75. The van der Waals surface area contributed by atoms with Crippen LogP contribution in [-0.4, -0.2) is 60.6 Å². The minimum Gasteiger partial charge on any atom is -0.481 e. The Labute approximate surface area is 181 Å². The van der Waals surface area contributed by atoms with Crippen molar-refractivity contribution < 1.29 is 23.8 Å². The topological polar surface area (TPSA) is 96.8 Å². The summed E-state index contributed by atoms with van der Waals surface area (Å²) < 4.78 is 24.0. The third kappa shape index (κ3) is 6.11. The molecule has 1 aliphatic heterocycles. The molecule has 0 aliphatic carbocycles. The second-order valence-electron chi connectivity index (χ2n) is 7.51. The molecule has 168 valence electrons. The predicted molar refractivity (Wildman–Crippen MR) is 115 cm³/mol. The quantitative estimate of drug-likeness (QED) is 0.588. The Kier molecular flexibility index (Phi) is 8.13. The van der Waals surface area contributed by atoms with Crippen molar-refractivity contribution in [3.63, 3.8) is 0 Å². The third-order valence-electron chi connectivity index (χ3n) is 5.43. The van der Waals surface area contributed by atoms with Crippen molar-refractivity contribution in [2.24, 2.45) is 0 Å². The monoisotopic (exact) mass is 432 g/mol. The van der Waals surface area contributed by atoms with Crippen LogP contribution >= 0.6 is 0 Å². The van der Waals surface area contributed by atoms with Crippen LogP contribution in [0, 0.1) is 5.82 Å². The first-order valence-electron chi connectivity index (χ1n) is 10.5. The van der Waals surface area contributed by atoms with Crippen molar-refractivity contribution in [3.8, 4) is 0 Å². The Balaban J connectivity index is 1.99. The minimum absolute atomic E-state index is 0.0445. The van der Waals surface area contributed by atoms with E-state index in [4.69, 9.17) is 9.47 Å². The summed E-state index contributed by atoms with van der Waals surface area (Å²) in [5, 5.41) is 12.5. The van der Waals surface area contributed by atoms with E-state index in [0.717, 1.165) is 61.9 Å². The number of hydrogen-bond donors (Lipinski definition) is 2. The number of nitrogens with zero attached hydrogens (tertiary/aromatic N) is 3. The molecule has 1 fully saturated rings. The molecule has 31 heavy (non-hydrogen) atoms. The van der Waals surface area contributed by atoms with E-state index in [1.54, 1.807) is 7.11 Å². The Bertz CT molecular complexity index is 859. The van der Waals surface area contributed by atoms with Crippen LogP contribution in [0.2, 0.25) is 0 Å². The fourth-order valence-electron chi connectivity index (χ4n) is 3.96. The highest BCUT2D eigenvalue weighted by Crippen LogP contribution is 2.35. The number of carboxylic acids is 1. The molecular weight excluding hydrogens is 403 g/mol. The van der Waals surface area contributed by atoms with Gasteiger partial charge in [0.2, 0.25) is 5.95 Å². The molecule has 8 nitrogen and oxygen atoms in total. The second-order valence-corrected chi connectivity index (χ2v) is 7.51. The third-order valence-corrected chi connectivity index (χ3v) is 5.43. The minimum atomic E-state index is -0.889. The maximum atomic E-state index is 13.3. The SMILES string of the molecule is CCN(c1ccc(C(COC)CC(=O)O)cc1Nc1ncc(F)cn1)C1CCOCC1. The first-order valence-corrected chi connectivity index (χ1v) is 10.5. The zero-order valence-corrected chi connectivity index (χ0v) is 17.9. The van der Waals surface area contributed by atoms with Crippen molar-refractivity contribution in [2.75, 3.05) is 43.7 Å². The van der Waals surface area contributed by atoms with E-state index >= 15 is 0 Å². The Morgan fingerprint density at radius 3 is 2.68 bits per heavy atom. The van der Waals surface area contributed by atoms with Crippen LogP contribution in [0.15, 0.2) is 30.6 Å². The van der Waals surface area contributed by atoms with Crippen LogP contribution in [0.3, 0.4) is 0 Å². The van der Waals surface area contributed by atoms with Crippen molar-refractivity contribution >= 4 is 23.3 Å². The van der Waals surface area contributed by atoms with Gasteiger partial charge in [0.15, 0.2) is 5.82 Å². The largest absolute Gasteiger partial charge is 0.481 e. The number of hydrogen-bond acceptors (Lipinski definition) is 7. The maximum absolute atomic E-state index is 13.3. The van der Waals surface area contributed by atoms with Gasteiger partial charge in [0.1, 0.15) is 0 Å².